The molecule has 21 heavy (non-hydrogen) atoms. The zero-order chi connectivity index (χ0) is 15.2. The number of rotatable bonds is 5. The van der Waals surface area contributed by atoms with Crippen molar-refractivity contribution in [2.24, 2.45) is 0 Å². The van der Waals surface area contributed by atoms with Crippen molar-refractivity contribution in [3.8, 4) is 0 Å². The first-order valence-corrected chi connectivity index (χ1v) is 8.16. The van der Waals surface area contributed by atoms with E-state index in [0.717, 1.165) is 10.5 Å². The van der Waals surface area contributed by atoms with Crippen molar-refractivity contribution in [2.75, 3.05) is 12.8 Å². The van der Waals surface area contributed by atoms with Gasteiger partial charge in [-0.25, -0.2) is 0 Å². The van der Waals surface area contributed by atoms with E-state index in [1.54, 1.807) is 11.9 Å². The summed E-state index contributed by atoms with van der Waals surface area (Å²) in [7, 11) is 1.80. The molecule has 0 aromatic heterocycles. The molecule has 2 rings (SSSR count). The molecule has 0 heterocycles. The molecule has 0 saturated heterocycles. The molecular weight excluding hydrogens is 325 g/mol. The molecule has 110 valence electrons. The van der Waals surface area contributed by atoms with E-state index in [9.17, 15) is 4.79 Å². The van der Waals surface area contributed by atoms with Gasteiger partial charge in [-0.3, -0.25) is 4.79 Å². The smallest absolute Gasteiger partial charge is 0.232 e. The third-order valence-electron chi connectivity index (χ3n) is 2.95. The first-order chi connectivity index (χ1) is 10.1. The van der Waals surface area contributed by atoms with Crippen LogP contribution in [-0.4, -0.2) is 23.6 Å². The second-order valence-corrected chi connectivity index (χ2v) is 6.46. The van der Waals surface area contributed by atoms with Crippen molar-refractivity contribution < 1.29 is 4.79 Å². The van der Waals surface area contributed by atoms with Crippen molar-refractivity contribution >= 4 is 40.9 Å². The van der Waals surface area contributed by atoms with Crippen molar-refractivity contribution in [1.82, 2.24) is 4.90 Å². The Morgan fingerprint density at radius 1 is 1.10 bits per heavy atom. The quantitative estimate of drug-likeness (QED) is 0.733. The van der Waals surface area contributed by atoms with Gasteiger partial charge in [-0.15, -0.1) is 11.8 Å². The van der Waals surface area contributed by atoms with Gasteiger partial charge in [0.05, 0.1) is 10.8 Å². The van der Waals surface area contributed by atoms with Crippen LogP contribution in [0.15, 0.2) is 53.4 Å². The Balaban J connectivity index is 1.88. The van der Waals surface area contributed by atoms with Crippen LogP contribution in [0.4, 0.5) is 0 Å². The highest BCUT2D eigenvalue weighted by atomic mass is 35.5. The van der Waals surface area contributed by atoms with E-state index >= 15 is 0 Å². The maximum absolute atomic E-state index is 12.1. The lowest BCUT2D eigenvalue weighted by Gasteiger charge is -2.17. The lowest BCUT2D eigenvalue weighted by atomic mass is 10.2. The van der Waals surface area contributed by atoms with E-state index in [-0.39, 0.29) is 5.91 Å². The first-order valence-electron chi connectivity index (χ1n) is 6.42. The summed E-state index contributed by atoms with van der Waals surface area (Å²) in [6.45, 7) is 0.569. The normalized spacial score (nSPS) is 10.4. The summed E-state index contributed by atoms with van der Waals surface area (Å²) in [6, 6.07) is 15.0. The van der Waals surface area contributed by atoms with Gasteiger partial charge in [0.15, 0.2) is 0 Å². The second kappa shape index (κ2) is 7.74. The second-order valence-electron chi connectivity index (χ2n) is 4.60. The van der Waals surface area contributed by atoms with Crippen molar-refractivity contribution in [3.63, 3.8) is 0 Å². The molecule has 0 bridgehead atoms. The Bertz CT molecular complexity index is 616. The predicted octanol–water partition coefficient (Wildman–Crippen LogP) is 4.74. The van der Waals surface area contributed by atoms with Gasteiger partial charge in [-0.1, -0.05) is 47.5 Å². The molecule has 2 aromatic rings. The maximum Gasteiger partial charge on any atom is 0.232 e. The fourth-order valence-corrected chi connectivity index (χ4v) is 3.07. The number of carbonyl (C=O) groups excluding carboxylic acids is 1. The van der Waals surface area contributed by atoms with E-state index in [0.29, 0.717) is 22.3 Å². The minimum Gasteiger partial charge on any atom is -0.341 e. The minimum absolute atomic E-state index is 0.0647. The summed E-state index contributed by atoms with van der Waals surface area (Å²) in [5, 5.41) is 1.37. The topological polar surface area (TPSA) is 20.3 Å². The Morgan fingerprint density at radius 3 is 2.43 bits per heavy atom. The van der Waals surface area contributed by atoms with Gasteiger partial charge in [-0.05, 0) is 29.8 Å². The van der Waals surface area contributed by atoms with Gasteiger partial charge < -0.3 is 4.90 Å². The van der Waals surface area contributed by atoms with Crippen LogP contribution in [0.25, 0.3) is 0 Å². The third-order valence-corrected chi connectivity index (χ3v) is 4.70. The highest BCUT2D eigenvalue weighted by Gasteiger charge is 2.11. The van der Waals surface area contributed by atoms with E-state index < -0.39 is 0 Å². The Kier molecular flexibility index (Phi) is 5.97. The summed E-state index contributed by atoms with van der Waals surface area (Å²) < 4.78 is 0. The average Bonchev–Trinajstić information content (AvgIpc) is 2.48. The molecule has 0 aliphatic carbocycles. The molecule has 2 aromatic carbocycles. The third kappa shape index (κ3) is 4.95. The molecule has 0 aliphatic rings. The predicted molar refractivity (Wildman–Crippen MR) is 90.1 cm³/mol. The molecule has 0 fully saturated rings. The van der Waals surface area contributed by atoms with E-state index in [4.69, 9.17) is 23.2 Å². The minimum atomic E-state index is 0.0647. The monoisotopic (exact) mass is 339 g/mol. The Hall–Kier alpha value is -1.16. The zero-order valence-corrected chi connectivity index (χ0v) is 13.9. The van der Waals surface area contributed by atoms with Gasteiger partial charge >= 0.3 is 0 Å². The molecular formula is C16H15Cl2NOS. The van der Waals surface area contributed by atoms with Crippen molar-refractivity contribution in [1.29, 1.82) is 0 Å². The average molecular weight is 340 g/mol. The van der Waals surface area contributed by atoms with E-state index in [2.05, 4.69) is 0 Å². The molecule has 0 spiro atoms. The summed E-state index contributed by atoms with van der Waals surface area (Å²) in [5.74, 6) is 0.434. The lowest BCUT2D eigenvalue weighted by molar-refractivity contribution is -0.127. The highest BCUT2D eigenvalue weighted by molar-refractivity contribution is 8.00. The van der Waals surface area contributed by atoms with E-state index in [1.165, 1.54) is 11.8 Å². The van der Waals surface area contributed by atoms with Crippen LogP contribution in [0.3, 0.4) is 0 Å². The fraction of sp³-hybridized carbons (Fsp3) is 0.188. The van der Waals surface area contributed by atoms with Crippen LogP contribution in [0.5, 0.6) is 0 Å². The van der Waals surface area contributed by atoms with Crippen LogP contribution in [-0.2, 0) is 11.3 Å². The zero-order valence-electron chi connectivity index (χ0n) is 11.6. The summed E-state index contributed by atoms with van der Waals surface area (Å²) >= 11 is 13.4. The largest absolute Gasteiger partial charge is 0.341 e. The summed E-state index contributed by atoms with van der Waals surface area (Å²) in [6.07, 6.45) is 0. The van der Waals surface area contributed by atoms with Crippen LogP contribution < -0.4 is 0 Å². The SMILES string of the molecule is CN(Cc1ccc(Cl)cc1)C(=O)CSc1ccccc1Cl. The Labute approximate surface area is 139 Å². The Morgan fingerprint density at radius 2 is 1.76 bits per heavy atom. The molecule has 0 N–H and O–H groups in total. The number of hydrogen-bond donors (Lipinski definition) is 0. The highest BCUT2D eigenvalue weighted by Crippen LogP contribution is 2.26. The van der Waals surface area contributed by atoms with Gasteiger partial charge in [0.25, 0.3) is 0 Å². The molecule has 0 radical (unpaired) electrons. The molecule has 1 amide bonds. The fourth-order valence-electron chi connectivity index (χ4n) is 1.76. The van der Waals surface area contributed by atoms with Crippen molar-refractivity contribution in [2.45, 2.75) is 11.4 Å². The lowest BCUT2D eigenvalue weighted by Crippen LogP contribution is -2.27. The number of thioether (sulfide) groups is 1. The van der Waals surface area contributed by atoms with Gasteiger partial charge in [0.2, 0.25) is 5.91 Å². The standard InChI is InChI=1S/C16H15Cl2NOS/c1-19(10-12-6-8-13(17)9-7-12)16(20)11-21-15-5-3-2-4-14(15)18/h2-9H,10-11H2,1H3. The number of benzene rings is 2. The number of nitrogens with zero attached hydrogens (tertiary/aromatic N) is 1. The first kappa shape index (κ1) is 16.2. The number of amides is 1. The van der Waals surface area contributed by atoms with Crippen LogP contribution >= 0.6 is 35.0 Å². The van der Waals surface area contributed by atoms with Crippen LogP contribution in [0.2, 0.25) is 10.0 Å². The van der Waals surface area contributed by atoms with Gasteiger partial charge in [0, 0.05) is 23.5 Å². The molecule has 0 saturated carbocycles. The molecule has 5 heteroatoms. The molecule has 2 nitrogen and oxygen atoms in total. The number of hydrogen-bond acceptors (Lipinski definition) is 2. The number of carbonyl (C=O) groups is 1. The summed E-state index contributed by atoms with van der Waals surface area (Å²) in [5.41, 5.74) is 1.05. The maximum atomic E-state index is 12.1. The van der Waals surface area contributed by atoms with Crippen molar-refractivity contribution in [3.05, 3.63) is 64.1 Å². The molecule has 0 aliphatic heterocycles. The summed E-state index contributed by atoms with van der Waals surface area (Å²) in [4.78, 5) is 14.8. The van der Waals surface area contributed by atoms with Gasteiger partial charge in [-0.2, -0.15) is 0 Å². The van der Waals surface area contributed by atoms with Gasteiger partial charge in [0.1, 0.15) is 0 Å². The number of halogens is 2. The van der Waals surface area contributed by atoms with Crippen LogP contribution in [0, 0.1) is 0 Å². The molecule has 0 atom stereocenters. The molecule has 0 unspecified atom stereocenters. The van der Waals surface area contributed by atoms with Crippen LogP contribution in [0.1, 0.15) is 5.56 Å². The van der Waals surface area contributed by atoms with E-state index in [1.807, 2.05) is 48.5 Å².